The number of primary amides is 2. The summed E-state index contributed by atoms with van der Waals surface area (Å²) in [6.45, 7) is 16.6. The first-order valence-corrected chi connectivity index (χ1v) is 28.2. The Kier molecular flexibility index (Phi) is 15.2. The number of amides is 4. The molecule has 0 bridgehead atoms. The SMILES string of the molecule is CC(C)c1cccc(C(C)C)c1NC(=O)c1cc(Oc2ccccc2)c2c3c(Oc4ccccc4)cc(C(N)=O)c4c(C(N)=O)cc(Oc5ccccc5)c(c5c(Oc6ccccc6)cc(C(=O)Nc6c(C(C)C)cccc6C(C)C)c1c25)c43. The van der Waals surface area contributed by atoms with Crippen LogP contribution in [0.5, 0.6) is 46.0 Å². The Balaban J connectivity index is 1.42. The smallest absolute Gasteiger partial charge is 0.256 e. The second-order valence-electron chi connectivity index (χ2n) is 22.2. The summed E-state index contributed by atoms with van der Waals surface area (Å²) >= 11 is 0. The fraction of sp³-hybridized carbons (Fsp3) is 0.167. The van der Waals surface area contributed by atoms with Gasteiger partial charge in [-0.25, -0.2) is 0 Å². The van der Waals surface area contributed by atoms with E-state index >= 15 is 9.59 Å². The number of rotatable bonds is 18. The average molecular weight is 1110 g/mol. The number of hydrogen-bond acceptors (Lipinski definition) is 8. The summed E-state index contributed by atoms with van der Waals surface area (Å²) in [5.41, 5.74) is 17.8. The van der Waals surface area contributed by atoms with E-state index in [1.807, 2.05) is 109 Å². The molecular weight excluding hydrogens is 1050 g/mol. The summed E-state index contributed by atoms with van der Waals surface area (Å²) in [5.74, 6) is -0.772. The first kappa shape index (κ1) is 55.7. The van der Waals surface area contributed by atoms with Crippen LogP contribution < -0.4 is 41.0 Å². The summed E-state index contributed by atoms with van der Waals surface area (Å²) in [4.78, 5) is 61.0. The molecule has 0 saturated heterocycles. The van der Waals surface area contributed by atoms with Crippen LogP contribution in [0.4, 0.5) is 11.4 Å². The van der Waals surface area contributed by atoms with E-state index in [2.05, 4.69) is 66.0 Å². The van der Waals surface area contributed by atoms with Crippen molar-refractivity contribution in [2.24, 2.45) is 11.5 Å². The fourth-order valence-electron chi connectivity index (χ4n) is 11.4. The van der Waals surface area contributed by atoms with Gasteiger partial charge in [0.25, 0.3) is 11.8 Å². The standard InChI is InChI=1S/C72H64N4O8/c1-39(2)47-31-21-32-48(40(3)4)67(47)75-71(79)53-37-57(83-45-27-17-11-18-28-45)63-61-55(81-43-23-13-9-14-24-43)35-51(69(73)77)59-52(70(74)78)36-56(82-44-25-15-10-16-26-44)62(65(59)61)64-58(84-46-29-19-12-20-30-46)38-54(60(53)66(63)64)72(80)76-68-49(41(5)6)33-22-34-50(68)42(7)8/h9-42H,1-8H3,(H2,73,77)(H2,74,78)(H,75,79)(H,76,80). The summed E-state index contributed by atoms with van der Waals surface area (Å²) in [7, 11) is 0. The Bertz CT molecular complexity index is 4030. The lowest BCUT2D eigenvalue weighted by molar-refractivity contribution is 0.0996. The minimum atomic E-state index is -0.883. The Hall–Kier alpha value is -10.2. The van der Waals surface area contributed by atoms with E-state index < -0.39 is 23.6 Å². The highest BCUT2D eigenvalue weighted by atomic mass is 16.5. The molecule has 4 amide bonds. The Labute approximate surface area is 487 Å². The first-order valence-electron chi connectivity index (χ1n) is 28.2. The van der Waals surface area contributed by atoms with Crippen LogP contribution in [0.1, 0.15) is 143 Å². The predicted molar refractivity (Wildman–Crippen MR) is 336 cm³/mol. The van der Waals surface area contributed by atoms with Gasteiger partial charge in [0.2, 0.25) is 11.8 Å². The molecule has 11 aromatic carbocycles. The maximum absolute atomic E-state index is 16.3. The largest absolute Gasteiger partial charge is 0.457 e. The molecule has 0 heterocycles. The predicted octanol–water partition coefficient (Wildman–Crippen LogP) is 18.1. The molecule has 84 heavy (non-hydrogen) atoms. The second kappa shape index (κ2) is 23.0. The van der Waals surface area contributed by atoms with E-state index in [1.165, 1.54) is 12.1 Å². The molecule has 12 nitrogen and oxygen atoms in total. The van der Waals surface area contributed by atoms with Gasteiger partial charge < -0.3 is 41.0 Å². The number of ether oxygens (including phenoxy) is 4. The lowest BCUT2D eigenvalue weighted by atomic mass is 9.82. The molecule has 6 N–H and O–H groups in total. The molecule has 0 fully saturated rings. The minimum absolute atomic E-state index is 0.00107. The summed E-state index contributed by atoms with van der Waals surface area (Å²) in [5, 5.41) is 8.90. The van der Waals surface area contributed by atoms with Gasteiger partial charge in [0.05, 0.1) is 22.3 Å². The van der Waals surface area contributed by atoms with Crippen molar-refractivity contribution in [2.45, 2.75) is 79.1 Å². The van der Waals surface area contributed by atoms with Crippen LogP contribution >= 0.6 is 0 Å². The van der Waals surface area contributed by atoms with Crippen molar-refractivity contribution < 1.29 is 38.1 Å². The number of carbonyl (C=O) groups excluding carboxylic acids is 4. The number of fused-ring (bicyclic) bond motifs is 2. The van der Waals surface area contributed by atoms with Crippen LogP contribution in [0.25, 0.3) is 43.1 Å². The van der Waals surface area contributed by atoms with Gasteiger partial charge in [-0.1, -0.05) is 165 Å². The Morgan fingerprint density at radius 1 is 0.310 bits per heavy atom. The lowest BCUT2D eigenvalue weighted by Gasteiger charge is -2.27. The molecule has 420 valence electrons. The van der Waals surface area contributed by atoms with E-state index in [4.69, 9.17) is 30.4 Å². The number of para-hydroxylation sites is 6. The zero-order chi connectivity index (χ0) is 59.1. The highest BCUT2D eigenvalue weighted by Gasteiger charge is 2.35. The second-order valence-corrected chi connectivity index (χ2v) is 22.2. The number of hydrogen-bond donors (Lipinski definition) is 4. The fourth-order valence-corrected chi connectivity index (χ4v) is 11.4. The molecule has 11 aromatic rings. The van der Waals surface area contributed by atoms with E-state index in [0.717, 1.165) is 22.3 Å². The van der Waals surface area contributed by atoms with Crippen molar-refractivity contribution in [2.75, 3.05) is 10.6 Å². The van der Waals surface area contributed by atoms with Crippen LogP contribution in [-0.4, -0.2) is 23.6 Å². The molecule has 0 atom stereocenters. The molecule has 11 rings (SSSR count). The van der Waals surface area contributed by atoms with E-state index in [-0.39, 0.29) is 85.1 Å². The van der Waals surface area contributed by atoms with E-state index in [9.17, 15) is 9.59 Å². The first-order chi connectivity index (χ1) is 40.5. The van der Waals surface area contributed by atoms with E-state index in [0.29, 0.717) is 61.3 Å². The van der Waals surface area contributed by atoms with Crippen molar-refractivity contribution in [3.63, 3.8) is 0 Å². The Morgan fingerprint density at radius 2 is 0.548 bits per heavy atom. The molecule has 0 aromatic heterocycles. The third-order valence-corrected chi connectivity index (χ3v) is 15.3. The molecule has 0 radical (unpaired) electrons. The molecule has 0 spiro atoms. The van der Waals surface area contributed by atoms with Crippen LogP contribution in [0.3, 0.4) is 0 Å². The maximum atomic E-state index is 16.3. The monoisotopic (exact) mass is 1110 g/mol. The van der Waals surface area contributed by atoms with Crippen molar-refractivity contribution >= 4 is 78.1 Å². The van der Waals surface area contributed by atoms with Crippen LogP contribution in [0, 0.1) is 0 Å². The number of carbonyl (C=O) groups is 4. The van der Waals surface area contributed by atoms with Gasteiger partial charge in [-0.3, -0.25) is 19.2 Å². The zero-order valence-corrected chi connectivity index (χ0v) is 48.1. The van der Waals surface area contributed by atoms with Gasteiger partial charge in [-0.15, -0.1) is 0 Å². The zero-order valence-electron chi connectivity index (χ0n) is 48.1. The van der Waals surface area contributed by atoms with Gasteiger partial charge >= 0.3 is 0 Å². The van der Waals surface area contributed by atoms with Gasteiger partial charge in [0.15, 0.2) is 0 Å². The summed E-state index contributed by atoms with van der Waals surface area (Å²) in [6, 6.07) is 54.6. The van der Waals surface area contributed by atoms with Crippen LogP contribution in [0.2, 0.25) is 0 Å². The Morgan fingerprint density at radius 3 is 0.786 bits per heavy atom. The van der Waals surface area contributed by atoms with Crippen LogP contribution in [-0.2, 0) is 0 Å². The summed E-state index contributed by atoms with van der Waals surface area (Å²) in [6.07, 6.45) is 0. The molecule has 0 unspecified atom stereocenters. The highest BCUT2D eigenvalue weighted by Crippen LogP contribution is 2.57. The van der Waals surface area contributed by atoms with Crippen LogP contribution in [0.15, 0.2) is 182 Å². The molecule has 0 saturated carbocycles. The minimum Gasteiger partial charge on any atom is -0.457 e. The molecule has 0 aliphatic heterocycles. The highest BCUT2D eigenvalue weighted by molar-refractivity contribution is 6.43. The number of nitrogens with two attached hydrogens (primary N) is 2. The van der Waals surface area contributed by atoms with Crippen molar-refractivity contribution in [3.05, 3.63) is 226 Å². The topological polar surface area (TPSA) is 181 Å². The molecule has 0 aliphatic rings. The third-order valence-electron chi connectivity index (χ3n) is 15.3. The number of anilines is 2. The quantitative estimate of drug-likeness (QED) is 0.0484. The van der Waals surface area contributed by atoms with Gasteiger partial charge in [-0.05, 0) is 119 Å². The molecule has 0 aliphatic carbocycles. The molecule has 12 heteroatoms. The third kappa shape index (κ3) is 10.4. The lowest BCUT2D eigenvalue weighted by Crippen LogP contribution is -2.20. The van der Waals surface area contributed by atoms with Gasteiger partial charge in [0, 0.05) is 54.5 Å². The van der Waals surface area contributed by atoms with Crippen molar-refractivity contribution in [3.8, 4) is 46.0 Å². The molecular formula is C72H64N4O8. The van der Waals surface area contributed by atoms with Gasteiger partial charge in [0.1, 0.15) is 46.0 Å². The normalized spacial score (nSPS) is 11.6. The van der Waals surface area contributed by atoms with Gasteiger partial charge in [-0.2, -0.15) is 0 Å². The summed E-state index contributed by atoms with van der Waals surface area (Å²) < 4.78 is 28.2. The van der Waals surface area contributed by atoms with Crippen molar-refractivity contribution in [1.82, 2.24) is 0 Å². The average Bonchev–Trinajstić information content (AvgIpc) is 0.783. The number of nitrogens with one attached hydrogen (secondary N) is 2. The maximum Gasteiger partial charge on any atom is 0.256 e. The number of benzene rings is 11. The van der Waals surface area contributed by atoms with Crippen molar-refractivity contribution in [1.29, 1.82) is 0 Å². The van der Waals surface area contributed by atoms with E-state index in [1.54, 1.807) is 60.7 Å².